The highest BCUT2D eigenvalue weighted by Gasteiger charge is 2.32. The molecule has 6 heteroatoms. The number of primary amides is 1. The number of carbonyl (C=O) groups excluding carboxylic acids is 2. The molecule has 4 N–H and O–H groups in total. The van der Waals surface area contributed by atoms with Crippen LogP contribution in [-0.4, -0.2) is 52.7 Å². The summed E-state index contributed by atoms with van der Waals surface area (Å²) >= 11 is 0. The molecule has 0 aromatic rings. The maximum absolute atomic E-state index is 12.7. The summed E-state index contributed by atoms with van der Waals surface area (Å²) in [6.07, 6.45) is 14.1. The van der Waals surface area contributed by atoms with Crippen molar-refractivity contribution in [2.75, 3.05) is 13.6 Å². The van der Waals surface area contributed by atoms with Gasteiger partial charge >= 0.3 is 0 Å². The molecule has 1 fully saturated rings. The number of amides is 2. The third-order valence-corrected chi connectivity index (χ3v) is 8.95. The number of carbonyl (C=O) groups is 2. The van der Waals surface area contributed by atoms with Crippen molar-refractivity contribution in [3.05, 3.63) is 36.5 Å². The van der Waals surface area contributed by atoms with E-state index in [1.54, 1.807) is 11.0 Å². The second-order valence-corrected chi connectivity index (χ2v) is 12.7. The Morgan fingerprint density at radius 3 is 2.15 bits per heavy atom. The molecule has 0 heterocycles. The van der Waals surface area contributed by atoms with Gasteiger partial charge in [-0.15, -0.1) is 0 Å². The van der Waals surface area contributed by atoms with Gasteiger partial charge in [-0.05, 0) is 55.8 Å². The van der Waals surface area contributed by atoms with E-state index in [0.29, 0.717) is 25.3 Å². The highest BCUT2D eigenvalue weighted by atomic mass is 16.3. The van der Waals surface area contributed by atoms with Gasteiger partial charge < -0.3 is 20.8 Å². The van der Waals surface area contributed by atoms with Gasteiger partial charge in [0, 0.05) is 38.3 Å². The predicted molar refractivity (Wildman–Crippen MR) is 162 cm³/mol. The van der Waals surface area contributed by atoms with Gasteiger partial charge in [-0.25, -0.2) is 0 Å². The van der Waals surface area contributed by atoms with Crippen LogP contribution in [0.4, 0.5) is 0 Å². The van der Waals surface area contributed by atoms with Crippen molar-refractivity contribution in [2.24, 2.45) is 47.2 Å². The summed E-state index contributed by atoms with van der Waals surface area (Å²) < 4.78 is 0. The molecule has 1 aliphatic carbocycles. The lowest BCUT2D eigenvalue weighted by atomic mass is 9.74. The molecule has 2 amide bonds. The van der Waals surface area contributed by atoms with Gasteiger partial charge in [0.1, 0.15) is 0 Å². The summed E-state index contributed by atoms with van der Waals surface area (Å²) in [5.41, 5.74) is 6.64. The highest BCUT2D eigenvalue weighted by Crippen LogP contribution is 2.33. The fraction of sp³-hybridized carbons (Fsp3) is 0.758. The Labute approximate surface area is 238 Å². The standard InChI is InChI=1S/C33H58N2O4/c1-9-10-14-23(3)29(20-30(34)36)27(7)33(39)25(5)18-22(2)17-24(4)32(38)26(6)21-35(8)31(37)19-28-15-12-11-13-16-28/h9-10,14,17,23-29,32-33,38-39H,1,11-13,15-16,18-21H2,2-8H3,(H2,34,36)/b14-10+,22-17+. The van der Waals surface area contributed by atoms with Crippen LogP contribution in [0.3, 0.4) is 0 Å². The van der Waals surface area contributed by atoms with Crippen molar-refractivity contribution < 1.29 is 19.8 Å². The number of nitrogens with zero attached hydrogens (tertiary/aromatic N) is 1. The number of nitrogens with two attached hydrogens (primary N) is 1. The molecular formula is C33H58N2O4. The van der Waals surface area contributed by atoms with Crippen LogP contribution in [-0.2, 0) is 9.59 Å². The van der Waals surface area contributed by atoms with E-state index in [-0.39, 0.29) is 53.7 Å². The van der Waals surface area contributed by atoms with E-state index in [0.717, 1.165) is 18.4 Å². The minimum Gasteiger partial charge on any atom is -0.393 e. The maximum atomic E-state index is 12.7. The molecule has 39 heavy (non-hydrogen) atoms. The minimum atomic E-state index is -0.597. The average Bonchev–Trinajstić information content (AvgIpc) is 2.89. The first-order valence-electron chi connectivity index (χ1n) is 15.1. The molecule has 0 aliphatic heterocycles. The molecule has 0 radical (unpaired) electrons. The van der Waals surface area contributed by atoms with Gasteiger partial charge in [0.25, 0.3) is 0 Å². The molecule has 0 bridgehead atoms. The Hall–Kier alpha value is -1.92. The number of allylic oxidation sites excluding steroid dienone is 4. The molecule has 0 aromatic carbocycles. The summed E-state index contributed by atoms with van der Waals surface area (Å²) in [6.45, 7) is 16.4. The highest BCUT2D eigenvalue weighted by molar-refractivity contribution is 5.76. The molecule has 0 spiro atoms. The first-order chi connectivity index (χ1) is 18.3. The average molecular weight is 547 g/mol. The lowest BCUT2D eigenvalue weighted by molar-refractivity contribution is -0.132. The van der Waals surface area contributed by atoms with E-state index in [1.165, 1.54) is 19.3 Å². The smallest absolute Gasteiger partial charge is 0.222 e. The molecule has 6 nitrogen and oxygen atoms in total. The molecule has 0 saturated heterocycles. The van der Waals surface area contributed by atoms with Gasteiger partial charge in [0.15, 0.2) is 0 Å². The van der Waals surface area contributed by atoms with E-state index >= 15 is 0 Å². The number of hydrogen-bond acceptors (Lipinski definition) is 4. The van der Waals surface area contributed by atoms with Crippen LogP contribution in [0, 0.1) is 41.4 Å². The second kappa shape index (κ2) is 17.7. The number of aliphatic hydroxyl groups is 2. The number of aliphatic hydroxyl groups excluding tert-OH is 2. The van der Waals surface area contributed by atoms with Crippen LogP contribution >= 0.6 is 0 Å². The van der Waals surface area contributed by atoms with Crippen molar-refractivity contribution in [3.63, 3.8) is 0 Å². The van der Waals surface area contributed by atoms with Crippen LogP contribution in [0.5, 0.6) is 0 Å². The fourth-order valence-electron chi connectivity index (χ4n) is 6.45. The van der Waals surface area contributed by atoms with Crippen LogP contribution in [0.25, 0.3) is 0 Å². The maximum Gasteiger partial charge on any atom is 0.222 e. The van der Waals surface area contributed by atoms with Crippen molar-refractivity contribution in [2.45, 2.75) is 105 Å². The summed E-state index contributed by atoms with van der Waals surface area (Å²) in [5, 5.41) is 22.2. The largest absolute Gasteiger partial charge is 0.393 e. The molecular weight excluding hydrogens is 488 g/mol. The molecule has 1 rings (SSSR count). The topological polar surface area (TPSA) is 104 Å². The number of hydrogen-bond donors (Lipinski definition) is 3. The molecule has 8 unspecified atom stereocenters. The summed E-state index contributed by atoms with van der Waals surface area (Å²) in [7, 11) is 1.85. The lowest BCUT2D eigenvalue weighted by Gasteiger charge is -2.34. The predicted octanol–water partition coefficient (Wildman–Crippen LogP) is 5.89. The Kier molecular flexibility index (Phi) is 15.9. The zero-order chi connectivity index (χ0) is 29.7. The quantitative estimate of drug-likeness (QED) is 0.156. The van der Waals surface area contributed by atoms with E-state index in [4.69, 9.17) is 5.73 Å². The van der Waals surface area contributed by atoms with Crippen LogP contribution in [0.1, 0.15) is 92.9 Å². The Bertz CT molecular complexity index is 817. The van der Waals surface area contributed by atoms with Gasteiger partial charge in [-0.2, -0.15) is 0 Å². The van der Waals surface area contributed by atoms with Crippen molar-refractivity contribution in [1.82, 2.24) is 4.90 Å². The Balaban J connectivity index is 2.70. The van der Waals surface area contributed by atoms with Crippen molar-refractivity contribution in [3.8, 4) is 0 Å². The molecule has 1 aliphatic rings. The van der Waals surface area contributed by atoms with E-state index in [9.17, 15) is 19.8 Å². The molecule has 1 saturated carbocycles. The summed E-state index contributed by atoms with van der Waals surface area (Å²) in [5.74, 6) is 0.0787. The van der Waals surface area contributed by atoms with Gasteiger partial charge in [-0.1, -0.05) is 90.3 Å². The van der Waals surface area contributed by atoms with Crippen LogP contribution < -0.4 is 5.73 Å². The fourth-order valence-corrected chi connectivity index (χ4v) is 6.45. The summed E-state index contributed by atoms with van der Waals surface area (Å²) in [6, 6.07) is 0. The van der Waals surface area contributed by atoms with Crippen molar-refractivity contribution in [1.29, 1.82) is 0 Å². The zero-order valence-corrected chi connectivity index (χ0v) is 25.8. The third kappa shape index (κ3) is 12.4. The van der Waals surface area contributed by atoms with Crippen molar-refractivity contribution >= 4 is 11.8 Å². The van der Waals surface area contributed by atoms with Gasteiger partial charge in [-0.3, -0.25) is 9.59 Å². The van der Waals surface area contributed by atoms with Crippen LogP contribution in [0.15, 0.2) is 36.5 Å². The second-order valence-electron chi connectivity index (χ2n) is 12.7. The SMILES string of the molecule is C=C/C=C/C(C)C(CC(N)=O)C(C)C(O)C(C)C/C(C)=C/C(C)C(O)C(C)CN(C)C(=O)CC1CCCCC1. The molecule has 224 valence electrons. The molecule has 0 aromatic heterocycles. The van der Waals surface area contributed by atoms with Gasteiger partial charge in [0.2, 0.25) is 11.8 Å². The monoisotopic (exact) mass is 546 g/mol. The first kappa shape index (κ1) is 35.1. The molecule has 8 atom stereocenters. The Morgan fingerprint density at radius 2 is 1.59 bits per heavy atom. The first-order valence-corrected chi connectivity index (χ1v) is 15.1. The van der Waals surface area contributed by atoms with E-state index in [2.05, 4.69) is 12.7 Å². The van der Waals surface area contributed by atoms with Crippen LogP contribution in [0.2, 0.25) is 0 Å². The zero-order valence-electron chi connectivity index (χ0n) is 25.8. The Morgan fingerprint density at radius 1 is 0.974 bits per heavy atom. The van der Waals surface area contributed by atoms with Gasteiger partial charge in [0.05, 0.1) is 12.2 Å². The number of rotatable bonds is 17. The third-order valence-electron chi connectivity index (χ3n) is 8.95. The lowest BCUT2D eigenvalue weighted by Crippen LogP contribution is -2.38. The minimum absolute atomic E-state index is 0.0208. The normalized spacial score (nSPS) is 21.4. The summed E-state index contributed by atoms with van der Waals surface area (Å²) in [4.78, 5) is 26.3. The van der Waals surface area contributed by atoms with E-state index in [1.807, 2.05) is 60.7 Å². The van der Waals surface area contributed by atoms with E-state index < -0.39 is 12.2 Å².